The first-order valence-corrected chi connectivity index (χ1v) is 6.86. The van der Waals surface area contributed by atoms with Crippen molar-refractivity contribution >= 4 is 11.9 Å². The van der Waals surface area contributed by atoms with Gasteiger partial charge in [-0.1, -0.05) is 0 Å². The van der Waals surface area contributed by atoms with E-state index in [4.69, 9.17) is 4.74 Å². The molecule has 2 aromatic heterocycles. The van der Waals surface area contributed by atoms with E-state index >= 15 is 0 Å². The molecule has 0 radical (unpaired) electrons. The predicted octanol–water partition coefficient (Wildman–Crippen LogP) is 0.871. The maximum Gasteiger partial charge on any atom is 0.248 e. The van der Waals surface area contributed by atoms with Crippen molar-refractivity contribution in [2.24, 2.45) is 13.0 Å². The third kappa shape index (κ3) is 2.54. The van der Waals surface area contributed by atoms with Crippen molar-refractivity contribution in [2.75, 3.05) is 11.9 Å². The van der Waals surface area contributed by atoms with Crippen molar-refractivity contribution < 1.29 is 9.53 Å². The highest BCUT2D eigenvalue weighted by Gasteiger charge is 2.37. The van der Waals surface area contributed by atoms with Crippen molar-refractivity contribution in [3.05, 3.63) is 23.3 Å². The van der Waals surface area contributed by atoms with Crippen molar-refractivity contribution in [3.63, 3.8) is 0 Å². The van der Waals surface area contributed by atoms with E-state index in [0.717, 1.165) is 11.3 Å². The maximum absolute atomic E-state index is 12.4. The van der Waals surface area contributed by atoms with Gasteiger partial charge in [0.05, 0.1) is 18.2 Å². The van der Waals surface area contributed by atoms with Crippen LogP contribution in [0.4, 0.5) is 5.95 Å². The van der Waals surface area contributed by atoms with Crippen LogP contribution in [-0.2, 0) is 16.6 Å². The number of H-pyrrole nitrogens is 1. The number of anilines is 1. The summed E-state index contributed by atoms with van der Waals surface area (Å²) in [7, 11) is 1.87. The van der Waals surface area contributed by atoms with Gasteiger partial charge in [0, 0.05) is 24.9 Å². The second-order valence-corrected chi connectivity index (χ2v) is 5.23. The predicted molar refractivity (Wildman–Crippen MR) is 74.5 cm³/mol. The lowest BCUT2D eigenvalue weighted by Crippen LogP contribution is -2.26. The number of aryl methyl sites for hydroxylation is 2. The van der Waals surface area contributed by atoms with E-state index < -0.39 is 0 Å². The minimum Gasteiger partial charge on any atom is -0.373 e. The third-order valence-electron chi connectivity index (χ3n) is 3.84. The molecule has 0 aromatic carbocycles. The molecule has 112 valence electrons. The molecule has 3 rings (SSSR count). The fraction of sp³-hybridized carbons (Fsp3) is 0.538. The summed E-state index contributed by atoms with van der Waals surface area (Å²) in [6, 6.07) is 0. The van der Waals surface area contributed by atoms with E-state index in [1.54, 1.807) is 17.8 Å². The Kier molecular flexibility index (Phi) is 3.46. The first-order chi connectivity index (χ1) is 10.1. The number of ether oxygens (including phenoxy) is 1. The summed E-state index contributed by atoms with van der Waals surface area (Å²) in [6.45, 7) is 4.31. The van der Waals surface area contributed by atoms with Crippen LogP contribution in [0.3, 0.4) is 0 Å². The van der Waals surface area contributed by atoms with Gasteiger partial charge < -0.3 is 4.74 Å². The lowest BCUT2D eigenvalue weighted by atomic mass is 9.95. The number of hydrogen-bond donors (Lipinski definition) is 2. The smallest absolute Gasteiger partial charge is 0.248 e. The Bertz CT molecular complexity index is 661. The van der Waals surface area contributed by atoms with Crippen LogP contribution < -0.4 is 5.32 Å². The second kappa shape index (κ2) is 5.28. The van der Waals surface area contributed by atoms with Gasteiger partial charge in [-0.05, 0) is 20.3 Å². The topological polar surface area (TPSA) is 97.7 Å². The van der Waals surface area contributed by atoms with E-state index in [1.807, 2.05) is 14.0 Å². The van der Waals surface area contributed by atoms with Gasteiger partial charge in [-0.15, -0.1) is 5.10 Å². The summed E-state index contributed by atoms with van der Waals surface area (Å²) in [4.78, 5) is 16.5. The average molecular weight is 290 g/mol. The van der Waals surface area contributed by atoms with E-state index in [1.165, 1.54) is 0 Å². The Morgan fingerprint density at radius 3 is 2.95 bits per heavy atom. The first kappa shape index (κ1) is 13.7. The molecule has 0 aliphatic carbocycles. The zero-order valence-corrected chi connectivity index (χ0v) is 12.3. The van der Waals surface area contributed by atoms with Gasteiger partial charge in [0.1, 0.15) is 5.82 Å². The Labute approximate surface area is 121 Å². The minimum atomic E-state index is -0.265. The van der Waals surface area contributed by atoms with Crippen molar-refractivity contribution in [2.45, 2.75) is 26.4 Å². The molecule has 1 aliphatic rings. The number of nitrogens with one attached hydrogen (secondary N) is 2. The lowest BCUT2D eigenvalue weighted by molar-refractivity contribution is -0.121. The van der Waals surface area contributed by atoms with Crippen LogP contribution >= 0.6 is 0 Å². The third-order valence-corrected chi connectivity index (χ3v) is 3.84. The number of hydrogen-bond acceptors (Lipinski definition) is 5. The van der Waals surface area contributed by atoms with Gasteiger partial charge in [-0.2, -0.15) is 10.1 Å². The van der Waals surface area contributed by atoms with E-state index in [-0.39, 0.29) is 17.9 Å². The second-order valence-electron chi connectivity index (χ2n) is 5.23. The van der Waals surface area contributed by atoms with Crippen LogP contribution in [0, 0.1) is 19.8 Å². The number of nitrogens with zero attached hydrogens (tertiary/aromatic N) is 4. The minimum absolute atomic E-state index is 0.125. The van der Waals surface area contributed by atoms with Crippen molar-refractivity contribution in [1.29, 1.82) is 0 Å². The Balaban J connectivity index is 1.77. The van der Waals surface area contributed by atoms with Crippen LogP contribution in [-0.4, -0.2) is 37.5 Å². The van der Waals surface area contributed by atoms with Crippen LogP contribution in [0.2, 0.25) is 0 Å². The average Bonchev–Trinajstić information content (AvgIpc) is 3.13. The van der Waals surface area contributed by atoms with Crippen LogP contribution in [0.5, 0.6) is 0 Å². The molecule has 3 heterocycles. The zero-order chi connectivity index (χ0) is 15.0. The molecule has 0 bridgehead atoms. The highest BCUT2D eigenvalue weighted by molar-refractivity contribution is 5.91. The van der Waals surface area contributed by atoms with Crippen LogP contribution in [0.1, 0.15) is 29.6 Å². The zero-order valence-electron chi connectivity index (χ0n) is 12.3. The molecule has 1 amide bonds. The number of amides is 1. The fourth-order valence-corrected chi connectivity index (χ4v) is 2.56. The van der Waals surface area contributed by atoms with Gasteiger partial charge in [0.2, 0.25) is 11.9 Å². The van der Waals surface area contributed by atoms with Gasteiger partial charge in [-0.25, -0.2) is 0 Å². The van der Waals surface area contributed by atoms with Crippen molar-refractivity contribution in [1.82, 2.24) is 25.0 Å². The Hall–Kier alpha value is -2.22. The summed E-state index contributed by atoms with van der Waals surface area (Å²) < 4.78 is 7.53. The van der Waals surface area contributed by atoms with Gasteiger partial charge in [0.25, 0.3) is 0 Å². The Morgan fingerprint density at radius 1 is 1.52 bits per heavy atom. The van der Waals surface area contributed by atoms with Gasteiger partial charge in [0.15, 0.2) is 0 Å². The molecular formula is C13H18N6O2. The normalized spacial score (nSPS) is 21.7. The number of aromatic amines is 1. The first-order valence-electron chi connectivity index (χ1n) is 6.86. The molecule has 1 aliphatic heterocycles. The fourth-order valence-electron chi connectivity index (χ4n) is 2.56. The standard InChI is InChI=1S/C13H18N6O2/c1-7-10(6-14-19(7)3)11-9(4-5-21-11)12(20)16-13-15-8(2)17-18-13/h6,9,11H,4-5H2,1-3H3,(H2,15,16,17,18,20)/t9-,11-/m0/s1. The molecule has 2 aromatic rings. The quantitative estimate of drug-likeness (QED) is 0.874. The molecule has 0 saturated carbocycles. The molecule has 0 unspecified atom stereocenters. The molecule has 0 spiro atoms. The Morgan fingerprint density at radius 2 is 2.33 bits per heavy atom. The maximum atomic E-state index is 12.4. The van der Waals surface area contributed by atoms with Crippen LogP contribution in [0.15, 0.2) is 6.20 Å². The summed E-state index contributed by atoms with van der Waals surface area (Å²) in [6.07, 6.45) is 2.18. The summed E-state index contributed by atoms with van der Waals surface area (Å²) in [5.41, 5.74) is 1.97. The van der Waals surface area contributed by atoms with Gasteiger partial charge in [-0.3, -0.25) is 19.9 Å². The molecular weight excluding hydrogens is 272 g/mol. The molecule has 2 N–H and O–H groups in total. The largest absolute Gasteiger partial charge is 0.373 e. The summed E-state index contributed by atoms with van der Waals surface area (Å²) in [5, 5.41) is 13.6. The molecule has 21 heavy (non-hydrogen) atoms. The number of carbonyl (C=O) groups excluding carboxylic acids is 1. The monoisotopic (exact) mass is 290 g/mol. The lowest BCUT2D eigenvalue weighted by Gasteiger charge is -2.17. The van der Waals surface area contributed by atoms with Crippen molar-refractivity contribution in [3.8, 4) is 0 Å². The molecule has 2 atom stereocenters. The highest BCUT2D eigenvalue weighted by atomic mass is 16.5. The van der Waals surface area contributed by atoms with E-state index in [9.17, 15) is 4.79 Å². The summed E-state index contributed by atoms with van der Waals surface area (Å²) in [5.74, 6) is 0.574. The molecule has 8 nitrogen and oxygen atoms in total. The number of aromatic nitrogens is 5. The molecule has 1 saturated heterocycles. The molecule has 1 fully saturated rings. The SMILES string of the molecule is Cc1nc(NC(=O)[C@H]2CCO[C@@H]2c2cnn(C)c2C)n[nH]1. The van der Waals surface area contributed by atoms with Crippen LogP contribution in [0.25, 0.3) is 0 Å². The number of rotatable bonds is 3. The highest BCUT2D eigenvalue weighted by Crippen LogP contribution is 2.36. The van der Waals surface area contributed by atoms with Gasteiger partial charge >= 0.3 is 0 Å². The number of carbonyl (C=O) groups is 1. The van der Waals surface area contributed by atoms with E-state index in [0.29, 0.717) is 24.8 Å². The van der Waals surface area contributed by atoms with E-state index in [2.05, 4.69) is 25.6 Å². The summed E-state index contributed by atoms with van der Waals surface area (Å²) >= 11 is 0. The molecule has 8 heteroatoms.